The summed E-state index contributed by atoms with van der Waals surface area (Å²) in [6.07, 6.45) is 4.66. The van der Waals surface area contributed by atoms with E-state index >= 15 is 0 Å². The highest BCUT2D eigenvalue weighted by molar-refractivity contribution is 7.18. The highest BCUT2D eigenvalue weighted by atomic mass is 32.1. The van der Waals surface area contributed by atoms with Crippen molar-refractivity contribution in [3.05, 3.63) is 29.3 Å². The van der Waals surface area contributed by atoms with Gasteiger partial charge in [-0.05, 0) is 38.9 Å². The van der Waals surface area contributed by atoms with Gasteiger partial charge in [0.1, 0.15) is 10.5 Å². The number of thiazole rings is 1. The third kappa shape index (κ3) is 4.00. The van der Waals surface area contributed by atoms with Gasteiger partial charge in [0.25, 0.3) is 0 Å². The smallest absolute Gasteiger partial charge is 0.238 e. The fourth-order valence-corrected chi connectivity index (χ4v) is 4.33. The summed E-state index contributed by atoms with van der Waals surface area (Å²) in [5.41, 5.74) is 0.318. The zero-order chi connectivity index (χ0) is 17.9. The van der Waals surface area contributed by atoms with Crippen LogP contribution in [0.2, 0.25) is 0 Å². The first-order valence-electron chi connectivity index (χ1n) is 8.81. The van der Waals surface area contributed by atoms with E-state index in [4.69, 9.17) is 0 Å². The minimum atomic E-state index is -0.680. The summed E-state index contributed by atoms with van der Waals surface area (Å²) in [5, 5.41) is 13.6. The van der Waals surface area contributed by atoms with E-state index in [1.807, 2.05) is 37.1 Å². The van der Waals surface area contributed by atoms with Crippen LogP contribution in [0.3, 0.4) is 0 Å². The molecule has 25 heavy (non-hydrogen) atoms. The van der Waals surface area contributed by atoms with E-state index in [0.29, 0.717) is 6.54 Å². The molecule has 1 aliphatic rings. The third-order valence-electron chi connectivity index (χ3n) is 5.05. The normalized spacial score (nSPS) is 18.0. The number of likely N-dealkylation sites (N-methyl/N-ethyl adjacent to an activating group) is 1. The Labute approximate surface area is 152 Å². The summed E-state index contributed by atoms with van der Waals surface area (Å²) >= 11 is 1.66. The predicted molar refractivity (Wildman–Crippen MR) is 100 cm³/mol. The summed E-state index contributed by atoms with van der Waals surface area (Å²) in [6.45, 7) is 2.50. The number of benzene rings is 1. The van der Waals surface area contributed by atoms with Crippen molar-refractivity contribution < 1.29 is 4.79 Å². The Morgan fingerprint density at radius 1 is 1.40 bits per heavy atom. The van der Waals surface area contributed by atoms with Gasteiger partial charge in [0.05, 0.1) is 28.9 Å². The Morgan fingerprint density at radius 3 is 2.80 bits per heavy atom. The molecule has 1 fully saturated rings. The molecule has 6 heteroatoms. The first kappa shape index (κ1) is 17.8. The summed E-state index contributed by atoms with van der Waals surface area (Å²) in [6, 6.07) is 10.1. The second-order valence-corrected chi connectivity index (χ2v) is 8.03. The molecule has 1 aromatic heterocycles. The van der Waals surface area contributed by atoms with Gasteiger partial charge < -0.3 is 5.32 Å². The van der Waals surface area contributed by atoms with Crippen molar-refractivity contribution in [1.82, 2.24) is 15.2 Å². The van der Waals surface area contributed by atoms with Gasteiger partial charge in [-0.3, -0.25) is 9.69 Å². The van der Waals surface area contributed by atoms with Crippen molar-refractivity contribution in [1.29, 1.82) is 5.26 Å². The van der Waals surface area contributed by atoms with E-state index in [1.54, 1.807) is 11.3 Å². The number of amides is 1. The number of hydrogen-bond donors (Lipinski definition) is 1. The third-order valence-corrected chi connectivity index (χ3v) is 6.07. The maximum atomic E-state index is 12.7. The fourth-order valence-electron chi connectivity index (χ4n) is 3.30. The van der Waals surface area contributed by atoms with Gasteiger partial charge in [-0.1, -0.05) is 31.4 Å². The maximum absolute atomic E-state index is 12.7. The largest absolute Gasteiger partial charge is 0.336 e. The van der Waals surface area contributed by atoms with Crippen LogP contribution < -0.4 is 5.32 Å². The molecule has 1 aromatic carbocycles. The molecule has 1 unspecified atom stereocenters. The van der Waals surface area contributed by atoms with Crippen LogP contribution in [0.1, 0.15) is 44.0 Å². The topological polar surface area (TPSA) is 69.0 Å². The molecule has 0 aliphatic heterocycles. The number of rotatable bonds is 5. The van der Waals surface area contributed by atoms with Crippen LogP contribution in [0, 0.1) is 11.3 Å². The lowest BCUT2D eigenvalue weighted by Crippen LogP contribution is -2.54. The van der Waals surface area contributed by atoms with Crippen LogP contribution in [0.4, 0.5) is 0 Å². The Bertz CT molecular complexity index is 755. The van der Waals surface area contributed by atoms with Crippen molar-refractivity contribution in [2.75, 3.05) is 7.05 Å². The number of nitrogens with one attached hydrogen (secondary N) is 1. The van der Waals surface area contributed by atoms with Crippen LogP contribution in [-0.4, -0.2) is 34.4 Å². The van der Waals surface area contributed by atoms with E-state index in [-0.39, 0.29) is 11.9 Å². The molecule has 3 rings (SSSR count). The molecule has 5 nitrogen and oxygen atoms in total. The molecule has 132 valence electrons. The second-order valence-electron chi connectivity index (χ2n) is 6.91. The van der Waals surface area contributed by atoms with Crippen LogP contribution in [-0.2, 0) is 11.3 Å². The van der Waals surface area contributed by atoms with Gasteiger partial charge >= 0.3 is 0 Å². The number of carbonyl (C=O) groups excluding carboxylic acids is 1. The van der Waals surface area contributed by atoms with Gasteiger partial charge in [-0.25, -0.2) is 4.98 Å². The second kappa shape index (κ2) is 7.51. The van der Waals surface area contributed by atoms with E-state index in [1.165, 1.54) is 0 Å². The van der Waals surface area contributed by atoms with Crippen molar-refractivity contribution >= 4 is 27.5 Å². The first-order valence-corrected chi connectivity index (χ1v) is 9.63. The van der Waals surface area contributed by atoms with E-state index in [2.05, 4.69) is 22.4 Å². The zero-order valence-electron chi connectivity index (χ0n) is 14.8. The average Bonchev–Trinajstić information content (AvgIpc) is 3.03. The Hall–Kier alpha value is -1.97. The molecule has 2 aromatic rings. The molecular weight excluding hydrogens is 332 g/mol. The lowest BCUT2D eigenvalue weighted by molar-refractivity contribution is -0.127. The standard InChI is InChI=1S/C19H24N4OS/c1-14(18(24)22-19(13-20)10-6-3-7-11-19)23(2)12-17-21-15-8-4-5-9-16(15)25-17/h4-5,8-9,14H,3,6-7,10-12H2,1-2H3,(H,22,24). The molecule has 1 saturated carbocycles. The number of hydrogen-bond acceptors (Lipinski definition) is 5. The molecule has 1 atom stereocenters. The molecule has 1 amide bonds. The summed E-state index contributed by atoms with van der Waals surface area (Å²) in [5.74, 6) is -0.0768. The molecule has 1 heterocycles. The van der Waals surface area contributed by atoms with Gasteiger partial charge in [-0.15, -0.1) is 11.3 Å². The van der Waals surface area contributed by atoms with Gasteiger partial charge in [-0.2, -0.15) is 5.26 Å². The lowest BCUT2D eigenvalue weighted by Gasteiger charge is -2.34. The van der Waals surface area contributed by atoms with Gasteiger partial charge in [0.2, 0.25) is 5.91 Å². The molecule has 1 aliphatic carbocycles. The molecular formula is C19H24N4OS. The molecule has 0 radical (unpaired) electrons. The molecule has 0 bridgehead atoms. The van der Waals surface area contributed by atoms with Gasteiger partial charge in [0, 0.05) is 0 Å². The SMILES string of the molecule is CC(C(=O)NC1(C#N)CCCCC1)N(C)Cc1nc2ccccc2s1. The maximum Gasteiger partial charge on any atom is 0.238 e. The Kier molecular flexibility index (Phi) is 5.36. The average molecular weight is 356 g/mol. The van der Waals surface area contributed by atoms with Crippen LogP contribution >= 0.6 is 11.3 Å². The number of fused-ring (bicyclic) bond motifs is 1. The zero-order valence-corrected chi connectivity index (χ0v) is 15.6. The lowest BCUT2D eigenvalue weighted by atomic mass is 9.82. The van der Waals surface area contributed by atoms with Crippen LogP contribution in [0.15, 0.2) is 24.3 Å². The van der Waals surface area contributed by atoms with Crippen molar-refractivity contribution in [2.24, 2.45) is 0 Å². The van der Waals surface area contributed by atoms with Crippen molar-refractivity contribution in [3.8, 4) is 6.07 Å². The van der Waals surface area contributed by atoms with E-state index in [9.17, 15) is 10.1 Å². The molecule has 0 saturated heterocycles. The minimum absolute atomic E-state index is 0.0768. The highest BCUT2D eigenvalue weighted by Crippen LogP contribution is 2.28. The summed E-state index contributed by atoms with van der Waals surface area (Å²) in [4.78, 5) is 19.3. The predicted octanol–water partition coefficient (Wildman–Crippen LogP) is 3.46. The quantitative estimate of drug-likeness (QED) is 0.891. The van der Waals surface area contributed by atoms with E-state index in [0.717, 1.165) is 47.3 Å². The molecule has 1 N–H and O–H groups in total. The summed E-state index contributed by atoms with van der Waals surface area (Å²) in [7, 11) is 1.93. The Morgan fingerprint density at radius 2 is 2.12 bits per heavy atom. The van der Waals surface area contributed by atoms with Crippen molar-refractivity contribution in [3.63, 3.8) is 0 Å². The summed E-state index contributed by atoms with van der Waals surface area (Å²) < 4.78 is 1.16. The number of aromatic nitrogens is 1. The van der Waals surface area contributed by atoms with Gasteiger partial charge in [0.15, 0.2) is 0 Å². The highest BCUT2D eigenvalue weighted by Gasteiger charge is 2.35. The van der Waals surface area contributed by atoms with E-state index < -0.39 is 5.54 Å². The van der Waals surface area contributed by atoms with Crippen molar-refractivity contribution in [2.45, 2.75) is 57.2 Å². The fraction of sp³-hybridized carbons (Fsp3) is 0.526. The number of para-hydroxylation sites is 1. The van der Waals surface area contributed by atoms with Crippen LogP contribution in [0.25, 0.3) is 10.2 Å². The number of nitrogens with zero attached hydrogens (tertiary/aromatic N) is 3. The van der Waals surface area contributed by atoms with Crippen LogP contribution in [0.5, 0.6) is 0 Å². The Balaban J connectivity index is 1.63. The molecule has 0 spiro atoms. The monoisotopic (exact) mass is 356 g/mol. The number of nitriles is 1. The number of carbonyl (C=O) groups is 1. The minimum Gasteiger partial charge on any atom is -0.336 e. The first-order chi connectivity index (χ1) is 12.0.